The fourth-order valence-electron chi connectivity index (χ4n) is 9.95. The molecule has 0 bridgehead atoms. The van der Waals surface area contributed by atoms with Gasteiger partial charge in [0, 0.05) is 12.1 Å². The number of rotatable bonds is 35. The first-order chi connectivity index (χ1) is 45.1. The van der Waals surface area contributed by atoms with Gasteiger partial charge in [-0.25, -0.2) is 0 Å². The molecule has 0 amide bonds. The van der Waals surface area contributed by atoms with Gasteiger partial charge in [0.25, 0.3) is 0 Å². The minimum atomic E-state index is -0.510. The molecule has 91 heavy (non-hydrogen) atoms. The van der Waals surface area contributed by atoms with Gasteiger partial charge in [-0.3, -0.25) is 0 Å². The van der Waals surface area contributed by atoms with Gasteiger partial charge in [0.2, 0.25) is 0 Å². The van der Waals surface area contributed by atoms with Crippen molar-refractivity contribution in [1.82, 2.24) is 0 Å². The Hall–Kier alpha value is -10.3. The molecule has 0 saturated carbocycles. The van der Waals surface area contributed by atoms with Crippen LogP contribution in [0.3, 0.4) is 0 Å². The van der Waals surface area contributed by atoms with Gasteiger partial charge >= 0.3 is 0 Å². The van der Waals surface area contributed by atoms with Gasteiger partial charge < -0.3 is 52.1 Å². The summed E-state index contributed by atoms with van der Waals surface area (Å²) in [6, 6.07) is 94.0. The third-order valence-corrected chi connectivity index (χ3v) is 14.7. The first-order valence-corrected chi connectivity index (χ1v) is 30.7. The van der Waals surface area contributed by atoms with E-state index in [1.807, 2.05) is 285 Å². The van der Waals surface area contributed by atoms with Crippen LogP contribution in [0.2, 0.25) is 0 Å². The minimum absolute atomic E-state index is 0.0989. The lowest BCUT2D eigenvalue weighted by Gasteiger charge is -2.22. The van der Waals surface area contributed by atoms with Crippen molar-refractivity contribution in [1.29, 1.82) is 0 Å². The molecule has 0 aromatic heterocycles. The van der Waals surface area contributed by atoms with Crippen molar-refractivity contribution in [3.05, 3.63) is 346 Å². The van der Waals surface area contributed by atoms with Crippen LogP contribution in [0, 0.1) is 0 Å². The average molecular weight is 1210 g/mol. The highest BCUT2D eigenvalue weighted by molar-refractivity contribution is 5.47. The SMILES string of the molecule is c1ccc(COc2cc(COc3cccc(OCc4cc(OCc5ccccc5)cc(OCc5ccccc5)c4)c3COCC(COCc3c(OCc4ccccc4)cccc3OCc3ccccc3)OCc3ccccc3)cc(OCc3ccccc3)c2)cc1. The van der Waals surface area contributed by atoms with Crippen molar-refractivity contribution >= 4 is 0 Å². The van der Waals surface area contributed by atoms with E-state index < -0.39 is 6.10 Å². The van der Waals surface area contributed by atoms with Gasteiger partial charge in [0.1, 0.15) is 105 Å². The van der Waals surface area contributed by atoms with E-state index in [1.165, 1.54) is 0 Å². The largest absolute Gasteiger partial charge is 0.489 e. The standard InChI is InChI=1S/C80H74O11/c1-8-24-61(25-9-1)48-83-70-42-68(43-71(46-70)84-49-62-26-10-2-11-27-62)55-90-79-40-23-41-80(91-56-69-44-72(85-50-63-28-12-3-13-29-63)47-73(45-69)86-51-64-30-14-4-15-31-64)76(79)60-82-58-74(87-52-65-32-16-5-17-33-65)57-81-59-75-77(88-53-66-34-18-6-19-35-66)38-22-39-78(75)89-54-67-36-20-7-21-37-67/h1-47,74H,48-60H2. The van der Waals surface area contributed by atoms with Crippen molar-refractivity contribution in [2.45, 2.75) is 78.8 Å². The van der Waals surface area contributed by atoms with E-state index in [-0.39, 0.29) is 39.6 Å². The van der Waals surface area contributed by atoms with Crippen molar-refractivity contribution in [2.75, 3.05) is 13.2 Å². The molecule has 11 rings (SSSR count). The van der Waals surface area contributed by atoms with Crippen molar-refractivity contribution in [3.63, 3.8) is 0 Å². The summed E-state index contributed by atoms with van der Waals surface area (Å²) in [7, 11) is 0. The van der Waals surface area contributed by atoms with Crippen LogP contribution in [0.4, 0.5) is 0 Å². The topological polar surface area (TPSA) is 102 Å². The summed E-state index contributed by atoms with van der Waals surface area (Å²) < 4.78 is 72.3. The summed E-state index contributed by atoms with van der Waals surface area (Å²) in [6.45, 7) is 3.61. The number of hydrogen-bond acceptors (Lipinski definition) is 11. The molecule has 0 aliphatic rings. The van der Waals surface area contributed by atoms with Crippen LogP contribution in [-0.4, -0.2) is 19.3 Å². The van der Waals surface area contributed by atoms with E-state index in [0.717, 1.165) is 55.6 Å². The van der Waals surface area contributed by atoms with Crippen LogP contribution in [-0.2, 0) is 86.9 Å². The van der Waals surface area contributed by atoms with Crippen molar-refractivity contribution in [3.8, 4) is 46.0 Å². The number of ether oxygens (including phenoxy) is 11. The molecule has 0 saturated heterocycles. The van der Waals surface area contributed by atoms with Gasteiger partial charge in [-0.2, -0.15) is 0 Å². The Labute approximate surface area is 533 Å². The van der Waals surface area contributed by atoms with Gasteiger partial charge in [0.05, 0.1) is 44.2 Å². The van der Waals surface area contributed by atoms with Crippen molar-refractivity contribution < 1.29 is 52.1 Å². The molecule has 0 heterocycles. The Morgan fingerprint density at radius 2 is 0.429 bits per heavy atom. The fourth-order valence-corrected chi connectivity index (χ4v) is 9.95. The second kappa shape index (κ2) is 33.9. The fraction of sp³-hybridized carbons (Fsp3) is 0.175. The molecular weight excluding hydrogens is 1140 g/mol. The van der Waals surface area contributed by atoms with E-state index in [9.17, 15) is 0 Å². The monoisotopic (exact) mass is 1210 g/mol. The summed E-state index contributed by atoms with van der Waals surface area (Å²) in [5.74, 6) is 5.08. The van der Waals surface area contributed by atoms with Gasteiger partial charge in [-0.15, -0.1) is 0 Å². The van der Waals surface area contributed by atoms with Gasteiger partial charge in [-0.05, 0) is 98.6 Å². The molecule has 11 heteroatoms. The van der Waals surface area contributed by atoms with Crippen LogP contribution in [0.1, 0.15) is 61.2 Å². The van der Waals surface area contributed by atoms with Crippen LogP contribution in [0.15, 0.2) is 285 Å². The molecular formula is C80H74O11. The van der Waals surface area contributed by atoms with Crippen LogP contribution in [0.25, 0.3) is 0 Å². The first kappa shape index (κ1) is 62.3. The third-order valence-electron chi connectivity index (χ3n) is 14.7. The highest BCUT2D eigenvalue weighted by Crippen LogP contribution is 2.35. The first-order valence-electron chi connectivity index (χ1n) is 30.7. The molecule has 0 N–H and O–H groups in total. The summed E-state index contributed by atoms with van der Waals surface area (Å²) in [6.07, 6.45) is -0.510. The molecule has 460 valence electrons. The molecule has 0 aliphatic carbocycles. The maximum Gasteiger partial charge on any atom is 0.129 e. The zero-order valence-corrected chi connectivity index (χ0v) is 50.9. The zero-order valence-electron chi connectivity index (χ0n) is 50.9. The molecule has 11 nitrogen and oxygen atoms in total. The lowest BCUT2D eigenvalue weighted by atomic mass is 10.1. The normalized spacial score (nSPS) is 11.3. The number of hydrogen-bond donors (Lipinski definition) is 0. The predicted molar refractivity (Wildman–Crippen MR) is 353 cm³/mol. The molecule has 0 radical (unpaired) electrons. The molecule has 11 aromatic carbocycles. The highest BCUT2D eigenvalue weighted by atomic mass is 16.6. The highest BCUT2D eigenvalue weighted by Gasteiger charge is 2.20. The van der Waals surface area contributed by atoms with Gasteiger partial charge in [0.15, 0.2) is 0 Å². The molecule has 0 fully saturated rings. The van der Waals surface area contributed by atoms with E-state index in [0.29, 0.717) is 97.8 Å². The predicted octanol–water partition coefficient (Wildman–Crippen LogP) is 17.6. The Bertz CT molecular complexity index is 3550. The lowest BCUT2D eigenvalue weighted by Crippen LogP contribution is -2.26. The summed E-state index contributed by atoms with van der Waals surface area (Å²) in [5.41, 5.74) is 10.5. The minimum Gasteiger partial charge on any atom is -0.489 e. The van der Waals surface area contributed by atoms with E-state index in [1.54, 1.807) is 0 Å². The lowest BCUT2D eigenvalue weighted by molar-refractivity contribution is -0.0736. The Morgan fingerprint density at radius 3 is 0.692 bits per heavy atom. The van der Waals surface area contributed by atoms with Crippen LogP contribution >= 0.6 is 0 Å². The smallest absolute Gasteiger partial charge is 0.129 e. The zero-order chi connectivity index (χ0) is 61.8. The average Bonchev–Trinajstić information content (AvgIpc) is 2.59. The van der Waals surface area contributed by atoms with Gasteiger partial charge in [-0.1, -0.05) is 224 Å². The molecule has 11 aromatic rings. The molecule has 0 spiro atoms. The summed E-state index contributed by atoms with van der Waals surface area (Å²) in [5, 5.41) is 0. The Balaban J connectivity index is 0.852. The third kappa shape index (κ3) is 20.1. The van der Waals surface area contributed by atoms with Crippen LogP contribution in [0.5, 0.6) is 46.0 Å². The second-order valence-electron chi connectivity index (χ2n) is 21.8. The Kier molecular flexibility index (Phi) is 23.2. The van der Waals surface area contributed by atoms with E-state index in [2.05, 4.69) is 0 Å². The summed E-state index contributed by atoms with van der Waals surface area (Å²) >= 11 is 0. The van der Waals surface area contributed by atoms with Crippen LogP contribution < -0.4 is 37.9 Å². The van der Waals surface area contributed by atoms with Crippen molar-refractivity contribution in [2.24, 2.45) is 0 Å². The maximum absolute atomic E-state index is 6.84. The second-order valence-corrected chi connectivity index (χ2v) is 21.8. The molecule has 1 unspecified atom stereocenters. The quantitative estimate of drug-likeness (QED) is 0.0379. The maximum atomic E-state index is 6.84. The van der Waals surface area contributed by atoms with E-state index in [4.69, 9.17) is 52.1 Å². The molecule has 1 atom stereocenters. The number of benzene rings is 11. The van der Waals surface area contributed by atoms with E-state index >= 15 is 0 Å². The molecule has 0 aliphatic heterocycles. The Morgan fingerprint density at radius 1 is 0.198 bits per heavy atom. The summed E-state index contributed by atoms with van der Waals surface area (Å²) in [4.78, 5) is 0.